The molecule has 0 amide bonds. The van der Waals surface area contributed by atoms with Crippen molar-refractivity contribution in [1.82, 2.24) is 14.6 Å². The van der Waals surface area contributed by atoms with E-state index >= 15 is 0 Å². The molecule has 0 saturated carbocycles. The molecule has 1 unspecified atom stereocenters. The van der Waals surface area contributed by atoms with Gasteiger partial charge in [0.2, 0.25) is 10.0 Å². The Morgan fingerprint density at radius 1 is 1.33 bits per heavy atom. The summed E-state index contributed by atoms with van der Waals surface area (Å²) in [4.78, 5) is 3.76. The van der Waals surface area contributed by atoms with E-state index in [9.17, 15) is 16.8 Å². The Labute approximate surface area is 125 Å². The Bertz CT molecular complexity index is 699. The first-order valence-electron chi connectivity index (χ1n) is 6.56. The molecule has 1 saturated heterocycles. The van der Waals surface area contributed by atoms with Crippen molar-refractivity contribution in [2.45, 2.75) is 16.3 Å². The van der Waals surface area contributed by atoms with Gasteiger partial charge in [0.25, 0.3) is 0 Å². The van der Waals surface area contributed by atoms with Crippen LogP contribution in [0.3, 0.4) is 0 Å². The highest BCUT2D eigenvalue weighted by atomic mass is 32.2. The van der Waals surface area contributed by atoms with Gasteiger partial charge >= 0.3 is 0 Å². The highest BCUT2D eigenvalue weighted by Gasteiger charge is 2.32. The summed E-state index contributed by atoms with van der Waals surface area (Å²) >= 11 is 0. The third-order valence-corrected chi connectivity index (χ3v) is 6.32. The number of aromatic nitrogens is 1. The number of rotatable bonds is 5. The lowest BCUT2D eigenvalue weighted by molar-refractivity contribution is 0.451. The predicted octanol–water partition coefficient (Wildman–Crippen LogP) is -0.285. The topological polar surface area (TPSA) is 96.4 Å². The predicted molar refractivity (Wildman–Crippen MR) is 78.1 cm³/mol. The molecule has 2 rings (SSSR count). The molecule has 0 aromatic carbocycles. The van der Waals surface area contributed by atoms with E-state index in [-0.39, 0.29) is 9.92 Å². The Morgan fingerprint density at radius 3 is 2.57 bits per heavy atom. The lowest BCUT2D eigenvalue weighted by Gasteiger charge is -2.16. The number of hydrogen-bond donors (Lipinski definition) is 1. The lowest BCUT2D eigenvalue weighted by atomic mass is 10.1. The van der Waals surface area contributed by atoms with Crippen LogP contribution in [0.15, 0.2) is 28.3 Å². The minimum absolute atomic E-state index is 0.0278. The fourth-order valence-electron chi connectivity index (χ4n) is 2.36. The molecule has 1 aromatic heterocycles. The van der Waals surface area contributed by atoms with E-state index in [1.807, 2.05) is 7.05 Å². The molecular weight excluding hydrogens is 314 g/mol. The molecule has 0 bridgehead atoms. The normalized spacial score (nSPS) is 20.8. The Morgan fingerprint density at radius 2 is 2.05 bits per heavy atom. The highest BCUT2D eigenvalue weighted by molar-refractivity contribution is 7.90. The third kappa shape index (κ3) is 3.60. The molecule has 9 heteroatoms. The van der Waals surface area contributed by atoms with Gasteiger partial charge in [-0.15, -0.1) is 0 Å². The monoisotopic (exact) mass is 333 g/mol. The molecule has 1 fully saturated rings. The maximum atomic E-state index is 12.5. The zero-order valence-corrected chi connectivity index (χ0v) is 13.6. The molecule has 1 aromatic rings. The fourth-order valence-corrected chi connectivity index (χ4v) is 4.39. The minimum atomic E-state index is -3.60. The van der Waals surface area contributed by atoms with Crippen LogP contribution in [0, 0.1) is 5.92 Å². The quantitative estimate of drug-likeness (QED) is 0.796. The van der Waals surface area contributed by atoms with Crippen LogP contribution in [0.25, 0.3) is 0 Å². The van der Waals surface area contributed by atoms with Gasteiger partial charge in [-0.2, -0.15) is 4.31 Å². The molecule has 0 spiro atoms. The zero-order chi connectivity index (χ0) is 15.7. The van der Waals surface area contributed by atoms with E-state index in [1.165, 1.54) is 16.4 Å². The maximum Gasteiger partial charge on any atom is 0.244 e. The van der Waals surface area contributed by atoms with Crippen molar-refractivity contribution < 1.29 is 16.8 Å². The molecule has 7 nitrogen and oxygen atoms in total. The van der Waals surface area contributed by atoms with Gasteiger partial charge < -0.3 is 5.32 Å². The first kappa shape index (κ1) is 16.3. The van der Waals surface area contributed by atoms with Crippen LogP contribution >= 0.6 is 0 Å². The molecule has 1 atom stereocenters. The number of nitrogens with zero attached hydrogens (tertiary/aromatic N) is 2. The van der Waals surface area contributed by atoms with Crippen molar-refractivity contribution in [2.24, 2.45) is 5.92 Å². The van der Waals surface area contributed by atoms with Crippen LogP contribution < -0.4 is 5.32 Å². The van der Waals surface area contributed by atoms with Crippen LogP contribution in [0.1, 0.15) is 6.42 Å². The van der Waals surface area contributed by atoms with Gasteiger partial charge in [-0.05, 0) is 38.1 Å². The second kappa shape index (κ2) is 5.99. The Kier molecular flexibility index (Phi) is 4.66. The van der Waals surface area contributed by atoms with Crippen molar-refractivity contribution in [3.8, 4) is 0 Å². The van der Waals surface area contributed by atoms with Crippen molar-refractivity contribution in [1.29, 1.82) is 0 Å². The number of sulfonamides is 1. The van der Waals surface area contributed by atoms with Crippen molar-refractivity contribution >= 4 is 19.9 Å². The maximum absolute atomic E-state index is 12.5. The zero-order valence-electron chi connectivity index (χ0n) is 12.0. The SMILES string of the molecule is CNCC1CCN(S(=O)(=O)c2ccc(S(C)(=O)=O)nc2)C1. The number of sulfone groups is 1. The lowest BCUT2D eigenvalue weighted by Crippen LogP contribution is -2.30. The van der Waals surface area contributed by atoms with Gasteiger partial charge in [0.15, 0.2) is 14.9 Å². The van der Waals surface area contributed by atoms with Gasteiger partial charge in [-0.3, -0.25) is 0 Å². The Balaban J connectivity index is 2.21. The second-order valence-corrected chi connectivity index (χ2v) is 9.08. The van der Waals surface area contributed by atoms with E-state index in [1.54, 1.807) is 0 Å². The fraction of sp³-hybridized carbons (Fsp3) is 0.583. The van der Waals surface area contributed by atoms with E-state index in [4.69, 9.17) is 0 Å². The van der Waals surface area contributed by atoms with E-state index in [0.29, 0.717) is 19.0 Å². The summed E-state index contributed by atoms with van der Waals surface area (Å²) in [7, 11) is -5.19. The standard InChI is InChI=1S/C12H19N3O4S2/c1-13-7-10-5-6-15(9-10)21(18,19)11-3-4-12(14-8-11)20(2,16)17/h3-4,8,10,13H,5-7,9H2,1-2H3. The van der Waals surface area contributed by atoms with Gasteiger partial charge in [0.05, 0.1) is 0 Å². The first-order chi connectivity index (χ1) is 9.75. The van der Waals surface area contributed by atoms with Crippen molar-refractivity contribution in [3.63, 3.8) is 0 Å². The summed E-state index contributed by atoms with van der Waals surface area (Å²) in [6, 6.07) is 2.52. The van der Waals surface area contributed by atoms with E-state index in [0.717, 1.165) is 25.4 Å². The summed E-state index contributed by atoms with van der Waals surface area (Å²) in [6.45, 7) is 1.72. The molecule has 21 heavy (non-hydrogen) atoms. The van der Waals surface area contributed by atoms with Gasteiger partial charge in [0, 0.05) is 25.5 Å². The minimum Gasteiger partial charge on any atom is -0.319 e. The first-order valence-corrected chi connectivity index (χ1v) is 9.89. The number of nitrogens with one attached hydrogen (secondary N) is 1. The summed E-state index contributed by atoms with van der Waals surface area (Å²) in [5.74, 6) is 0.299. The third-order valence-electron chi connectivity index (χ3n) is 3.47. The molecular formula is C12H19N3O4S2. The second-order valence-electron chi connectivity index (χ2n) is 5.18. The molecule has 2 heterocycles. The summed E-state index contributed by atoms with van der Waals surface area (Å²) in [5, 5.41) is 2.92. The molecule has 0 aliphatic carbocycles. The van der Waals surface area contributed by atoms with Crippen LogP contribution in [-0.4, -0.2) is 59.1 Å². The largest absolute Gasteiger partial charge is 0.319 e. The van der Waals surface area contributed by atoms with Gasteiger partial charge in [-0.1, -0.05) is 0 Å². The number of hydrogen-bond acceptors (Lipinski definition) is 6. The van der Waals surface area contributed by atoms with Gasteiger partial charge in [-0.25, -0.2) is 21.8 Å². The van der Waals surface area contributed by atoms with Crippen LogP contribution in [-0.2, 0) is 19.9 Å². The van der Waals surface area contributed by atoms with Crippen molar-refractivity contribution in [3.05, 3.63) is 18.3 Å². The van der Waals surface area contributed by atoms with Crippen LogP contribution in [0.2, 0.25) is 0 Å². The van der Waals surface area contributed by atoms with Gasteiger partial charge in [0.1, 0.15) is 4.90 Å². The highest BCUT2D eigenvalue weighted by Crippen LogP contribution is 2.24. The van der Waals surface area contributed by atoms with Crippen molar-refractivity contribution in [2.75, 3.05) is 32.9 Å². The molecule has 1 aliphatic rings. The van der Waals surface area contributed by atoms with Crippen LogP contribution in [0.5, 0.6) is 0 Å². The average Bonchev–Trinajstić information content (AvgIpc) is 2.88. The van der Waals surface area contributed by atoms with E-state index in [2.05, 4.69) is 10.3 Å². The Hall–Kier alpha value is -1.03. The molecule has 1 aliphatic heterocycles. The molecule has 1 N–H and O–H groups in total. The molecule has 118 valence electrons. The average molecular weight is 333 g/mol. The summed E-state index contributed by atoms with van der Waals surface area (Å²) in [6.07, 6.45) is 2.96. The molecule has 0 radical (unpaired) electrons. The van der Waals surface area contributed by atoms with E-state index < -0.39 is 19.9 Å². The summed E-state index contributed by atoms with van der Waals surface area (Å²) < 4.78 is 49.0. The smallest absolute Gasteiger partial charge is 0.244 e. The number of pyridine rings is 1. The summed E-state index contributed by atoms with van der Waals surface area (Å²) in [5.41, 5.74) is 0. The van der Waals surface area contributed by atoms with Crippen LogP contribution in [0.4, 0.5) is 0 Å².